The summed E-state index contributed by atoms with van der Waals surface area (Å²) in [6.07, 6.45) is 8.09. The standard InChI is InChI=1S/C47H60O7/c1-9-37(49)53-36-21-22-44(4)35(47(36,7)41(51)52-8)20-23-46(6)39(44)34(48)28-32-33-29-43(3,25-24-42(33,2)26-27-45(32,46)5)40(50)54-38(30-16-12-10-13-17-30)31-18-14-11-15-19-31/h10-19,28,33,35-36,38-39H,9,20-27,29H2,1-8H3/t33-,35+,36-,39+,42+,43-,44-,45+,46+,47-/m0/s1. The van der Waals surface area contributed by atoms with Crippen LogP contribution in [0.3, 0.4) is 0 Å². The number of hydrogen-bond acceptors (Lipinski definition) is 7. The molecule has 54 heavy (non-hydrogen) atoms. The molecule has 2 aromatic rings. The van der Waals surface area contributed by atoms with Crippen LogP contribution in [0.15, 0.2) is 72.3 Å². The number of carbonyl (C=O) groups is 4. The molecule has 7 rings (SSSR count). The van der Waals surface area contributed by atoms with Crippen molar-refractivity contribution < 1.29 is 33.4 Å². The second-order valence-corrected chi connectivity index (χ2v) is 19.0. The Hall–Kier alpha value is -3.74. The normalized spacial score (nSPS) is 39.9. The Balaban J connectivity index is 1.23. The first-order valence-corrected chi connectivity index (χ1v) is 20.4. The maximum Gasteiger partial charge on any atom is 0.315 e. The molecule has 7 nitrogen and oxygen atoms in total. The van der Waals surface area contributed by atoms with E-state index in [0.717, 1.165) is 49.7 Å². The molecule has 0 bridgehead atoms. The van der Waals surface area contributed by atoms with Gasteiger partial charge in [0.1, 0.15) is 11.5 Å². The van der Waals surface area contributed by atoms with Crippen molar-refractivity contribution in [1.29, 1.82) is 0 Å². The Morgan fingerprint density at radius 1 is 0.778 bits per heavy atom. The zero-order valence-corrected chi connectivity index (χ0v) is 33.7. The first kappa shape index (κ1) is 38.5. The van der Waals surface area contributed by atoms with Gasteiger partial charge >= 0.3 is 17.9 Å². The lowest BCUT2D eigenvalue weighted by Crippen LogP contribution is -2.68. The quantitative estimate of drug-likeness (QED) is 0.206. The molecule has 4 fully saturated rings. The second kappa shape index (κ2) is 13.5. The highest BCUT2D eigenvalue weighted by atomic mass is 16.6. The van der Waals surface area contributed by atoms with E-state index in [0.29, 0.717) is 19.3 Å². The van der Waals surface area contributed by atoms with Crippen molar-refractivity contribution in [2.24, 2.45) is 50.2 Å². The Bertz CT molecular complexity index is 1800. The lowest BCUT2D eigenvalue weighted by atomic mass is 9.33. The van der Waals surface area contributed by atoms with Crippen molar-refractivity contribution >= 4 is 23.7 Å². The third kappa shape index (κ3) is 5.64. The molecule has 0 unspecified atom stereocenters. The Morgan fingerprint density at radius 3 is 1.98 bits per heavy atom. The molecule has 4 saturated carbocycles. The molecule has 5 aliphatic rings. The minimum absolute atomic E-state index is 0.0291. The highest BCUT2D eigenvalue weighted by Crippen LogP contribution is 2.75. The first-order valence-electron chi connectivity index (χ1n) is 20.4. The van der Waals surface area contributed by atoms with Gasteiger partial charge in [-0.2, -0.15) is 0 Å². The van der Waals surface area contributed by atoms with E-state index in [2.05, 4.69) is 34.6 Å². The van der Waals surface area contributed by atoms with E-state index in [1.165, 1.54) is 12.7 Å². The molecule has 0 N–H and O–H groups in total. The highest BCUT2D eigenvalue weighted by molar-refractivity contribution is 5.96. The van der Waals surface area contributed by atoms with E-state index in [9.17, 15) is 14.4 Å². The number of fused-ring (bicyclic) bond motifs is 7. The molecule has 0 spiro atoms. The molecule has 0 radical (unpaired) electrons. The van der Waals surface area contributed by atoms with Gasteiger partial charge in [-0.25, -0.2) is 0 Å². The number of allylic oxidation sites excluding steroid dienone is 2. The number of carbonyl (C=O) groups excluding carboxylic acids is 4. The summed E-state index contributed by atoms with van der Waals surface area (Å²) in [4.78, 5) is 55.9. The summed E-state index contributed by atoms with van der Waals surface area (Å²) in [6, 6.07) is 19.9. The van der Waals surface area contributed by atoms with Crippen LogP contribution in [0.2, 0.25) is 0 Å². The highest BCUT2D eigenvalue weighted by Gasteiger charge is 2.72. The van der Waals surface area contributed by atoms with Gasteiger partial charge in [0.15, 0.2) is 11.9 Å². The fraction of sp³-hybridized carbons (Fsp3) is 0.617. The summed E-state index contributed by atoms with van der Waals surface area (Å²) >= 11 is 0. The first-order chi connectivity index (χ1) is 25.5. The van der Waals surface area contributed by atoms with Crippen molar-refractivity contribution in [3.05, 3.63) is 83.4 Å². The van der Waals surface area contributed by atoms with Crippen LogP contribution in [0.4, 0.5) is 0 Å². The summed E-state index contributed by atoms with van der Waals surface area (Å²) < 4.78 is 18.0. The molecular weight excluding hydrogens is 677 g/mol. The van der Waals surface area contributed by atoms with Crippen molar-refractivity contribution in [3.8, 4) is 0 Å². The number of rotatable bonds is 7. The molecule has 0 heterocycles. The molecule has 10 atom stereocenters. The largest absolute Gasteiger partial charge is 0.468 e. The van der Waals surface area contributed by atoms with Gasteiger partial charge in [-0.1, -0.05) is 101 Å². The number of methoxy groups -OCH3 is 1. The van der Waals surface area contributed by atoms with E-state index >= 15 is 4.79 Å². The topological polar surface area (TPSA) is 96.0 Å². The van der Waals surface area contributed by atoms with E-state index in [1.807, 2.05) is 73.7 Å². The molecule has 0 amide bonds. The van der Waals surface area contributed by atoms with E-state index < -0.39 is 28.5 Å². The molecule has 0 aliphatic heterocycles. The fourth-order valence-corrected chi connectivity index (χ4v) is 12.8. The van der Waals surface area contributed by atoms with Crippen molar-refractivity contribution in [1.82, 2.24) is 0 Å². The van der Waals surface area contributed by atoms with Crippen LogP contribution in [0.5, 0.6) is 0 Å². The molecule has 5 aliphatic carbocycles. The Labute approximate surface area is 322 Å². The monoisotopic (exact) mass is 736 g/mol. The average Bonchev–Trinajstić information content (AvgIpc) is 3.16. The summed E-state index contributed by atoms with van der Waals surface area (Å²) in [7, 11) is 1.41. The van der Waals surface area contributed by atoms with Crippen LogP contribution >= 0.6 is 0 Å². The summed E-state index contributed by atoms with van der Waals surface area (Å²) in [5.74, 6) is -1.16. The third-order valence-electron chi connectivity index (χ3n) is 16.3. The smallest absolute Gasteiger partial charge is 0.315 e. The van der Waals surface area contributed by atoms with Crippen LogP contribution in [-0.2, 0) is 33.4 Å². The zero-order chi connectivity index (χ0) is 38.9. The third-order valence-corrected chi connectivity index (χ3v) is 16.3. The van der Waals surface area contributed by atoms with Gasteiger partial charge in [-0.05, 0) is 122 Å². The molecular formula is C47H60O7. The fourth-order valence-electron chi connectivity index (χ4n) is 12.8. The van der Waals surface area contributed by atoms with Gasteiger partial charge in [0.2, 0.25) is 0 Å². The summed E-state index contributed by atoms with van der Waals surface area (Å²) in [6.45, 7) is 15.1. The van der Waals surface area contributed by atoms with Crippen molar-refractivity contribution in [2.75, 3.05) is 7.11 Å². The van der Waals surface area contributed by atoms with Gasteiger partial charge in [0.25, 0.3) is 0 Å². The van der Waals surface area contributed by atoms with Gasteiger partial charge in [-0.3, -0.25) is 19.2 Å². The number of hydrogen-bond donors (Lipinski definition) is 0. The lowest BCUT2D eigenvalue weighted by Gasteiger charge is -2.70. The lowest BCUT2D eigenvalue weighted by molar-refractivity contribution is -0.222. The number of ether oxygens (including phenoxy) is 3. The average molecular weight is 737 g/mol. The maximum atomic E-state index is 15.0. The van der Waals surface area contributed by atoms with E-state index in [1.54, 1.807) is 6.92 Å². The Kier molecular flexibility index (Phi) is 9.62. The Morgan fingerprint density at radius 2 is 1.39 bits per heavy atom. The van der Waals surface area contributed by atoms with Crippen LogP contribution in [0.25, 0.3) is 0 Å². The van der Waals surface area contributed by atoms with Crippen molar-refractivity contribution in [2.45, 2.75) is 125 Å². The minimum atomic E-state index is -1.06. The van der Waals surface area contributed by atoms with Crippen LogP contribution in [0, 0.1) is 50.2 Å². The van der Waals surface area contributed by atoms with Crippen LogP contribution in [0.1, 0.15) is 130 Å². The van der Waals surface area contributed by atoms with Gasteiger partial charge in [0, 0.05) is 12.3 Å². The predicted octanol–water partition coefficient (Wildman–Crippen LogP) is 9.77. The second-order valence-electron chi connectivity index (χ2n) is 19.0. The maximum absolute atomic E-state index is 15.0. The SMILES string of the molecule is CCC(=O)O[C@H]1CC[C@@]2(C)[C@@H](CC[C@]3(C)[C@@H]2C(=O)C=C2[C@@H]4C[C@@](C)(C(=O)OC(c5ccccc5)c5ccccc5)CC[C@]4(C)CC[C@]23C)[C@]1(C)C(=O)OC. The summed E-state index contributed by atoms with van der Waals surface area (Å²) in [5, 5.41) is 0. The zero-order valence-electron chi connectivity index (χ0n) is 33.7. The van der Waals surface area contributed by atoms with Gasteiger partial charge in [-0.15, -0.1) is 0 Å². The predicted molar refractivity (Wildman–Crippen MR) is 207 cm³/mol. The number of ketones is 1. The molecule has 7 heteroatoms. The van der Waals surface area contributed by atoms with Gasteiger partial charge in [0.05, 0.1) is 12.5 Å². The molecule has 0 saturated heterocycles. The molecule has 290 valence electrons. The summed E-state index contributed by atoms with van der Waals surface area (Å²) in [5.41, 5.74) is 0.165. The number of esters is 3. The van der Waals surface area contributed by atoms with Crippen LogP contribution in [-0.4, -0.2) is 36.9 Å². The minimum Gasteiger partial charge on any atom is -0.468 e. The van der Waals surface area contributed by atoms with E-state index in [-0.39, 0.29) is 64.1 Å². The van der Waals surface area contributed by atoms with Crippen molar-refractivity contribution in [3.63, 3.8) is 0 Å². The number of benzene rings is 2. The molecule has 0 aromatic heterocycles. The van der Waals surface area contributed by atoms with Gasteiger partial charge < -0.3 is 14.2 Å². The molecule has 2 aromatic carbocycles. The van der Waals surface area contributed by atoms with Crippen LogP contribution < -0.4 is 0 Å². The van der Waals surface area contributed by atoms with E-state index in [4.69, 9.17) is 14.2 Å².